The molecule has 0 fully saturated rings. The summed E-state index contributed by atoms with van der Waals surface area (Å²) in [7, 11) is 1.62. The third-order valence-electron chi connectivity index (χ3n) is 4.56. The maximum Gasteiger partial charge on any atom is 0.251 e. The van der Waals surface area contributed by atoms with Gasteiger partial charge in [0.15, 0.2) is 5.11 Å². The van der Waals surface area contributed by atoms with Crippen LogP contribution < -0.4 is 20.9 Å². The zero-order valence-corrected chi connectivity index (χ0v) is 16.5. The summed E-state index contributed by atoms with van der Waals surface area (Å²) >= 11 is 5.34. The summed E-state index contributed by atoms with van der Waals surface area (Å²) in [6.07, 6.45) is 0.576. The number of hydrogen-bond acceptors (Lipinski definition) is 3. The van der Waals surface area contributed by atoms with Crippen molar-refractivity contribution in [1.82, 2.24) is 10.3 Å². The van der Waals surface area contributed by atoms with Crippen LogP contribution in [0.3, 0.4) is 0 Å². The van der Waals surface area contributed by atoms with Gasteiger partial charge in [-0.15, -0.1) is 0 Å². The smallest absolute Gasteiger partial charge is 0.251 e. The molecule has 0 saturated carbocycles. The Kier molecular flexibility index (Phi) is 5.76. The number of hydrogen-bond donors (Lipinski definition) is 3. The van der Waals surface area contributed by atoms with E-state index in [9.17, 15) is 4.79 Å². The second kappa shape index (κ2) is 8.22. The highest BCUT2D eigenvalue weighted by molar-refractivity contribution is 7.80. The number of methoxy groups -OCH3 is 1. The van der Waals surface area contributed by atoms with Gasteiger partial charge in [-0.1, -0.05) is 24.3 Å². The van der Waals surface area contributed by atoms with E-state index in [1.807, 2.05) is 43.3 Å². The SMILES string of the molecule is COc1ccccc1NC(=S)NCCc1cc2c(C)ccc(C)c2[nH]c1=O. The van der Waals surface area contributed by atoms with Crippen molar-refractivity contribution >= 4 is 33.9 Å². The van der Waals surface area contributed by atoms with E-state index in [0.717, 1.165) is 39.0 Å². The van der Waals surface area contributed by atoms with Crippen LogP contribution in [0.1, 0.15) is 16.7 Å². The second-order valence-electron chi connectivity index (χ2n) is 6.44. The summed E-state index contributed by atoms with van der Waals surface area (Å²) < 4.78 is 5.30. The van der Waals surface area contributed by atoms with Crippen molar-refractivity contribution in [3.8, 4) is 5.75 Å². The fourth-order valence-corrected chi connectivity index (χ4v) is 3.24. The molecule has 140 valence electrons. The molecule has 3 rings (SSSR count). The highest BCUT2D eigenvalue weighted by atomic mass is 32.1. The first kappa shape index (κ1) is 18.9. The minimum atomic E-state index is -0.0541. The van der Waals surface area contributed by atoms with Gasteiger partial charge < -0.3 is 20.4 Å². The topological polar surface area (TPSA) is 66.2 Å². The van der Waals surface area contributed by atoms with Crippen molar-refractivity contribution < 1.29 is 4.74 Å². The van der Waals surface area contributed by atoms with Gasteiger partial charge in [0.05, 0.1) is 18.3 Å². The molecule has 0 aliphatic carbocycles. The number of para-hydroxylation sites is 2. The molecule has 3 aromatic rings. The Labute approximate surface area is 163 Å². The molecular formula is C21H23N3O2S. The van der Waals surface area contributed by atoms with Gasteiger partial charge >= 0.3 is 0 Å². The molecule has 0 spiro atoms. The van der Waals surface area contributed by atoms with Crippen LogP contribution in [-0.4, -0.2) is 23.8 Å². The van der Waals surface area contributed by atoms with Gasteiger partial charge in [-0.25, -0.2) is 0 Å². The summed E-state index contributed by atoms with van der Waals surface area (Å²) in [6, 6.07) is 13.6. The Morgan fingerprint density at radius 1 is 1.15 bits per heavy atom. The Bertz CT molecular complexity index is 1040. The van der Waals surface area contributed by atoms with Crippen molar-refractivity contribution in [2.24, 2.45) is 0 Å². The van der Waals surface area contributed by atoms with E-state index in [-0.39, 0.29) is 5.56 Å². The number of rotatable bonds is 5. The van der Waals surface area contributed by atoms with Crippen molar-refractivity contribution in [2.75, 3.05) is 19.0 Å². The van der Waals surface area contributed by atoms with Crippen LogP contribution in [0.4, 0.5) is 5.69 Å². The van der Waals surface area contributed by atoms with E-state index in [1.165, 1.54) is 0 Å². The lowest BCUT2D eigenvalue weighted by atomic mass is 10.0. The van der Waals surface area contributed by atoms with Crippen LogP contribution in [-0.2, 0) is 6.42 Å². The number of ether oxygens (including phenoxy) is 1. The predicted octanol–water partition coefficient (Wildman–Crippen LogP) is 3.68. The number of pyridine rings is 1. The molecular weight excluding hydrogens is 358 g/mol. The number of fused-ring (bicyclic) bond motifs is 1. The van der Waals surface area contributed by atoms with Crippen LogP contribution in [0.5, 0.6) is 5.75 Å². The van der Waals surface area contributed by atoms with Crippen molar-refractivity contribution in [3.05, 3.63) is 69.5 Å². The van der Waals surface area contributed by atoms with Gasteiger partial charge in [-0.05, 0) is 61.8 Å². The Morgan fingerprint density at radius 3 is 2.67 bits per heavy atom. The van der Waals surface area contributed by atoms with Crippen LogP contribution in [0.25, 0.3) is 10.9 Å². The maximum absolute atomic E-state index is 12.4. The number of anilines is 1. The quantitative estimate of drug-likeness (QED) is 0.589. The lowest BCUT2D eigenvalue weighted by Crippen LogP contribution is -2.31. The molecule has 2 aromatic carbocycles. The standard InChI is InChI=1S/C21H23N3O2S/c1-13-8-9-14(2)19-16(13)12-15(20(25)24-19)10-11-22-21(27)23-17-6-4-5-7-18(17)26-3/h4-9,12H,10-11H2,1-3H3,(H,24,25)(H2,22,23,27). The van der Waals surface area contributed by atoms with Crippen LogP contribution in [0.2, 0.25) is 0 Å². The minimum Gasteiger partial charge on any atom is -0.495 e. The maximum atomic E-state index is 12.4. The van der Waals surface area contributed by atoms with Gasteiger partial charge in [0.1, 0.15) is 5.75 Å². The molecule has 0 aliphatic rings. The van der Waals surface area contributed by atoms with Gasteiger partial charge in [0, 0.05) is 17.5 Å². The van der Waals surface area contributed by atoms with E-state index >= 15 is 0 Å². The Balaban J connectivity index is 1.67. The Morgan fingerprint density at radius 2 is 1.89 bits per heavy atom. The molecule has 0 radical (unpaired) electrons. The minimum absolute atomic E-state index is 0.0541. The van der Waals surface area contributed by atoms with Gasteiger partial charge in [-0.2, -0.15) is 0 Å². The normalized spacial score (nSPS) is 10.6. The summed E-state index contributed by atoms with van der Waals surface area (Å²) in [4.78, 5) is 15.4. The molecule has 0 bridgehead atoms. The third-order valence-corrected chi connectivity index (χ3v) is 4.80. The van der Waals surface area contributed by atoms with Crippen molar-refractivity contribution in [1.29, 1.82) is 0 Å². The first-order valence-corrected chi connectivity index (χ1v) is 9.20. The van der Waals surface area contributed by atoms with Gasteiger partial charge in [-0.3, -0.25) is 4.79 Å². The second-order valence-corrected chi connectivity index (χ2v) is 6.85. The first-order valence-electron chi connectivity index (χ1n) is 8.79. The van der Waals surface area contributed by atoms with Crippen LogP contribution in [0, 0.1) is 13.8 Å². The van der Waals surface area contributed by atoms with E-state index < -0.39 is 0 Å². The number of H-pyrrole nitrogens is 1. The molecule has 3 N–H and O–H groups in total. The number of benzene rings is 2. The Hall–Kier alpha value is -2.86. The summed E-state index contributed by atoms with van der Waals surface area (Å²) in [5.74, 6) is 0.721. The molecule has 1 heterocycles. The number of thiocarbonyl (C=S) groups is 1. The van der Waals surface area contributed by atoms with Crippen molar-refractivity contribution in [3.63, 3.8) is 0 Å². The molecule has 0 atom stereocenters. The summed E-state index contributed by atoms with van der Waals surface area (Å²) in [5.41, 5.74) is 4.61. The zero-order chi connectivity index (χ0) is 19.4. The molecule has 0 aliphatic heterocycles. The van der Waals surface area contributed by atoms with Gasteiger partial charge in [0.25, 0.3) is 5.56 Å². The lowest BCUT2D eigenvalue weighted by molar-refractivity contribution is 0.417. The summed E-state index contributed by atoms with van der Waals surface area (Å²) in [6.45, 7) is 4.61. The van der Waals surface area contributed by atoms with E-state index in [2.05, 4.69) is 28.6 Å². The van der Waals surface area contributed by atoms with Crippen molar-refractivity contribution in [2.45, 2.75) is 20.3 Å². The fraction of sp³-hybridized carbons (Fsp3) is 0.238. The average Bonchev–Trinajstić information content (AvgIpc) is 2.66. The highest BCUT2D eigenvalue weighted by Crippen LogP contribution is 2.23. The molecule has 5 nitrogen and oxygen atoms in total. The number of aryl methyl sites for hydroxylation is 2. The molecule has 6 heteroatoms. The van der Waals surface area contributed by atoms with E-state index in [1.54, 1.807) is 7.11 Å². The number of aromatic amines is 1. The number of nitrogens with one attached hydrogen (secondary N) is 3. The first-order chi connectivity index (χ1) is 13.0. The number of aromatic nitrogens is 1. The monoisotopic (exact) mass is 381 g/mol. The fourth-order valence-electron chi connectivity index (χ4n) is 3.03. The molecule has 0 unspecified atom stereocenters. The zero-order valence-electron chi connectivity index (χ0n) is 15.7. The largest absolute Gasteiger partial charge is 0.495 e. The molecule has 1 aromatic heterocycles. The van der Waals surface area contributed by atoms with Crippen LogP contribution in [0.15, 0.2) is 47.3 Å². The average molecular weight is 382 g/mol. The third kappa shape index (κ3) is 4.28. The van der Waals surface area contributed by atoms with Gasteiger partial charge in [0.2, 0.25) is 0 Å². The summed E-state index contributed by atoms with van der Waals surface area (Å²) in [5, 5.41) is 7.83. The van der Waals surface area contributed by atoms with E-state index in [0.29, 0.717) is 18.1 Å². The molecule has 0 saturated heterocycles. The van der Waals surface area contributed by atoms with Crippen LogP contribution >= 0.6 is 12.2 Å². The predicted molar refractivity (Wildman–Crippen MR) is 115 cm³/mol. The molecule has 27 heavy (non-hydrogen) atoms. The molecule has 0 amide bonds. The highest BCUT2D eigenvalue weighted by Gasteiger charge is 2.08. The van der Waals surface area contributed by atoms with E-state index in [4.69, 9.17) is 17.0 Å². The lowest BCUT2D eigenvalue weighted by Gasteiger charge is -2.13.